The Morgan fingerprint density at radius 3 is 3.11 bits per heavy atom. The van der Waals surface area contributed by atoms with Gasteiger partial charge in [0.2, 0.25) is 0 Å². The molecule has 1 aliphatic rings. The summed E-state index contributed by atoms with van der Waals surface area (Å²) in [6.07, 6.45) is -0.0956. The maximum absolute atomic E-state index is 9.00. The van der Waals surface area contributed by atoms with Gasteiger partial charge in [-0.2, -0.15) is 5.26 Å². The summed E-state index contributed by atoms with van der Waals surface area (Å²) in [4.78, 5) is 0. The fourth-order valence-corrected chi connectivity index (χ4v) is 2.13. The van der Waals surface area contributed by atoms with Crippen molar-refractivity contribution in [2.75, 3.05) is 26.3 Å². The van der Waals surface area contributed by atoms with Gasteiger partial charge in [0.25, 0.3) is 0 Å². The fourth-order valence-electron chi connectivity index (χ4n) is 1.70. The van der Waals surface area contributed by atoms with E-state index in [1.807, 2.05) is 6.07 Å². The third-order valence-electron chi connectivity index (χ3n) is 2.60. The molecule has 1 aromatic carbocycles. The van der Waals surface area contributed by atoms with Gasteiger partial charge in [-0.15, -0.1) is 0 Å². The highest BCUT2D eigenvalue weighted by molar-refractivity contribution is 6.31. The van der Waals surface area contributed by atoms with Gasteiger partial charge in [0.05, 0.1) is 11.6 Å². The van der Waals surface area contributed by atoms with E-state index in [1.165, 1.54) is 0 Å². The minimum absolute atomic E-state index is 0.0956. The molecule has 1 atom stereocenters. The van der Waals surface area contributed by atoms with Crippen molar-refractivity contribution in [2.24, 2.45) is 0 Å². The number of nitriles is 1. The highest BCUT2D eigenvalue weighted by Crippen LogP contribution is 2.25. The predicted octanol–water partition coefficient (Wildman–Crippen LogP) is 2.45. The second-order valence-electron chi connectivity index (χ2n) is 3.90. The quantitative estimate of drug-likeness (QED) is 0.801. The van der Waals surface area contributed by atoms with Crippen LogP contribution < -0.4 is 4.74 Å². The topological polar surface area (TPSA) is 45.5 Å². The number of hydrogen-bond acceptors (Lipinski definition) is 4. The van der Waals surface area contributed by atoms with Crippen molar-refractivity contribution in [3.63, 3.8) is 0 Å². The van der Waals surface area contributed by atoms with Crippen molar-refractivity contribution in [1.29, 1.82) is 5.26 Å². The third kappa shape index (κ3) is 3.27. The third-order valence-corrected chi connectivity index (χ3v) is 3.22. The molecule has 4 nitrogen and oxygen atoms in total. The zero-order valence-corrected chi connectivity index (χ0v) is 11.1. The Morgan fingerprint density at radius 2 is 2.39 bits per heavy atom. The smallest absolute Gasteiger partial charge is 0.138 e. The Kier molecular flexibility index (Phi) is 4.67. The van der Waals surface area contributed by atoms with Crippen LogP contribution in [0.5, 0.6) is 5.75 Å². The van der Waals surface area contributed by atoms with E-state index in [2.05, 4.69) is 0 Å². The maximum Gasteiger partial charge on any atom is 0.138 e. The van der Waals surface area contributed by atoms with Crippen molar-refractivity contribution in [1.82, 2.24) is 4.42 Å². The van der Waals surface area contributed by atoms with E-state index in [0.717, 1.165) is 0 Å². The molecule has 0 bridgehead atoms. The minimum atomic E-state index is -0.0956. The molecule has 2 rings (SSSR count). The highest BCUT2D eigenvalue weighted by Gasteiger charge is 2.20. The molecule has 1 saturated heterocycles. The van der Waals surface area contributed by atoms with Crippen LogP contribution in [0.2, 0.25) is 5.02 Å². The van der Waals surface area contributed by atoms with Gasteiger partial charge < -0.3 is 9.47 Å². The second kappa shape index (κ2) is 6.26. The molecule has 0 aromatic heterocycles. The molecular formula is C12H12Cl2N2O2. The summed E-state index contributed by atoms with van der Waals surface area (Å²) < 4.78 is 12.8. The molecule has 18 heavy (non-hydrogen) atoms. The van der Waals surface area contributed by atoms with E-state index in [4.69, 9.17) is 38.1 Å². The van der Waals surface area contributed by atoms with Gasteiger partial charge in [-0.25, -0.2) is 4.42 Å². The van der Waals surface area contributed by atoms with Crippen molar-refractivity contribution in [2.45, 2.75) is 6.10 Å². The number of benzene rings is 1. The Hall–Kier alpha value is -0.990. The van der Waals surface area contributed by atoms with Gasteiger partial charge in [0, 0.05) is 13.1 Å². The first-order valence-corrected chi connectivity index (χ1v) is 6.26. The van der Waals surface area contributed by atoms with Crippen molar-refractivity contribution in [3.05, 3.63) is 28.8 Å². The summed E-state index contributed by atoms with van der Waals surface area (Å²) in [5.41, 5.74) is 0.345. The van der Waals surface area contributed by atoms with E-state index in [1.54, 1.807) is 22.6 Å². The molecule has 0 spiro atoms. The zero-order chi connectivity index (χ0) is 13.0. The van der Waals surface area contributed by atoms with Crippen LogP contribution in [0.1, 0.15) is 5.56 Å². The summed E-state index contributed by atoms with van der Waals surface area (Å²) in [5, 5.41) is 9.39. The Morgan fingerprint density at radius 1 is 1.56 bits per heavy atom. The lowest BCUT2D eigenvalue weighted by Gasteiger charge is -2.28. The van der Waals surface area contributed by atoms with Crippen LogP contribution in [0.25, 0.3) is 0 Å². The van der Waals surface area contributed by atoms with E-state index < -0.39 is 0 Å². The molecule has 1 fully saturated rings. The summed E-state index contributed by atoms with van der Waals surface area (Å²) >= 11 is 11.8. The Labute approximate surface area is 116 Å². The van der Waals surface area contributed by atoms with E-state index in [-0.39, 0.29) is 6.10 Å². The molecule has 1 aromatic rings. The average molecular weight is 287 g/mol. The average Bonchev–Trinajstić information content (AvgIpc) is 2.36. The van der Waals surface area contributed by atoms with E-state index in [0.29, 0.717) is 42.6 Å². The second-order valence-corrected chi connectivity index (χ2v) is 4.78. The van der Waals surface area contributed by atoms with Gasteiger partial charge in [-0.1, -0.05) is 17.7 Å². The largest absolute Gasteiger partial charge is 0.489 e. The fraction of sp³-hybridized carbons (Fsp3) is 0.417. The standard InChI is InChI=1S/C12H12Cl2N2O2/c13-11-2-1-3-12(10(11)6-15)18-8-9-7-16(14)4-5-17-9/h1-3,9H,4-5,7-8H2. The molecule has 0 radical (unpaired) electrons. The normalized spacial score (nSPS) is 20.4. The lowest BCUT2D eigenvalue weighted by molar-refractivity contribution is -0.0246. The van der Waals surface area contributed by atoms with Crippen LogP contribution in [0.4, 0.5) is 0 Å². The van der Waals surface area contributed by atoms with Crippen molar-refractivity contribution in [3.8, 4) is 11.8 Å². The van der Waals surface area contributed by atoms with Crippen LogP contribution in [0.15, 0.2) is 18.2 Å². The molecule has 0 saturated carbocycles. The SMILES string of the molecule is N#Cc1c(Cl)cccc1OCC1CN(Cl)CCO1. The molecule has 0 amide bonds. The molecule has 1 unspecified atom stereocenters. The highest BCUT2D eigenvalue weighted by atomic mass is 35.5. The predicted molar refractivity (Wildman–Crippen MR) is 68.8 cm³/mol. The van der Waals surface area contributed by atoms with E-state index >= 15 is 0 Å². The van der Waals surface area contributed by atoms with Crippen molar-refractivity contribution < 1.29 is 9.47 Å². The van der Waals surface area contributed by atoms with E-state index in [9.17, 15) is 0 Å². The number of hydrogen-bond donors (Lipinski definition) is 0. The maximum atomic E-state index is 9.00. The van der Waals surface area contributed by atoms with Crippen molar-refractivity contribution >= 4 is 23.4 Å². The first-order chi connectivity index (χ1) is 8.70. The first-order valence-electron chi connectivity index (χ1n) is 5.54. The van der Waals surface area contributed by atoms with Gasteiger partial charge in [-0.05, 0) is 23.9 Å². The summed E-state index contributed by atoms with van der Waals surface area (Å²) in [7, 11) is 0. The number of nitrogens with zero attached hydrogens (tertiary/aromatic N) is 2. The number of rotatable bonds is 3. The lowest BCUT2D eigenvalue weighted by atomic mass is 10.2. The number of halogens is 2. The zero-order valence-electron chi connectivity index (χ0n) is 9.60. The van der Waals surface area contributed by atoms with Gasteiger partial charge in [0.1, 0.15) is 30.1 Å². The molecule has 0 aliphatic carbocycles. The summed E-state index contributed by atoms with van der Waals surface area (Å²) in [5.74, 6) is 0.472. The van der Waals surface area contributed by atoms with Gasteiger partial charge in [-0.3, -0.25) is 0 Å². The molecule has 0 N–H and O–H groups in total. The molecular weight excluding hydrogens is 275 g/mol. The first kappa shape index (κ1) is 13.4. The van der Waals surface area contributed by atoms with Crippen LogP contribution in [-0.4, -0.2) is 36.8 Å². The summed E-state index contributed by atoms with van der Waals surface area (Å²) in [6.45, 7) is 2.24. The molecule has 1 heterocycles. The minimum Gasteiger partial charge on any atom is -0.489 e. The monoisotopic (exact) mass is 286 g/mol. The Balaban J connectivity index is 1.98. The number of morpholine rings is 1. The lowest BCUT2D eigenvalue weighted by Crippen LogP contribution is -2.40. The van der Waals surface area contributed by atoms with Gasteiger partial charge in [0.15, 0.2) is 0 Å². The van der Waals surface area contributed by atoms with Crippen LogP contribution in [-0.2, 0) is 4.74 Å². The Bertz CT molecular complexity index is 462. The molecule has 96 valence electrons. The van der Waals surface area contributed by atoms with Crippen LogP contribution in [0.3, 0.4) is 0 Å². The molecule has 6 heteroatoms. The van der Waals surface area contributed by atoms with Gasteiger partial charge >= 0.3 is 0 Å². The van der Waals surface area contributed by atoms with Crippen LogP contribution in [0, 0.1) is 11.3 Å². The summed E-state index contributed by atoms with van der Waals surface area (Å²) in [6, 6.07) is 7.14. The molecule has 1 aliphatic heterocycles. The van der Waals surface area contributed by atoms with Crippen LogP contribution >= 0.6 is 23.4 Å². The number of ether oxygens (including phenoxy) is 2.